The third-order valence-electron chi connectivity index (χ3n) is 3.80. The Morgan fingerprint density at radius 2 is 2.03 bits per heavy atom. The zero-order valence-corrected chi connectivity index (χ0v) is 16.3. The third kappa shape index (κ3) is 6.84. The van der Waals surface area contributed by atoms with Gasteiger partial charge < -0.3 is 20.1 Å². The summed E-state index contributed by atoms with van der Waals surface area (Å²) in [5, 5.41) is 5.16. The fraction of sp³-hybridized carbons (Fsp3) is 0.238. The number of alkyl halides is 3. The number of hydrogen-bond acceptors (Lipinski definition) is 5. The lowest BCUT2D eigenvalue weighted by atomic mass is 10.2. The number of nitrogens with zero attached hydrogens (tertiary/aromatic N) is 1. The second-order valence-electron chi connectivity index (χ2n) is 5.96. The summed E-state index contributed by atoms with van der Waals surface area (Å²) in [6.07, 6.45) is 1.28. The van der Waals surface area contributed by atoms with Crippen molar-refractivity contribution in [3.63, 3.8) is 0 Å². The van der Waals surface area contributed by atoms with Crippen LogP contribution in [0.1, 0.15) is 11.1 Å². The number of methoxy groups -OCH3 is 1. The first kappa shape index (κ1) is 22.8. The first-order chi connectivity index (χ1) is 14.3. The van der Waals surface area contributed by atoms with E-state index in [1.807, 2.05) is 0 Å². The highest BCUT2D eigenvalue weighted by atomic mass is 19.4. The average Bonchev–Trinajstić information content (AvgIpc) is 2.73. The lowest BCUT2D eigenvalue weighted by Gasteiger charge is -2.13. The number of ether oxygens (including phenoxy) is 2. The molecule has 2 rings (SSSR count). The normalized spacial score (nSPS) is 11.2. The van der Waals surface area contributed by atoms with E-state index in [4.69, 9.17) is 9.47 Å². The molecule has 30 heavy (non-hydrogen) atoms. The maximum absolute atomic E-state index is 12.9. The highest BCUT2D eigenvalue weighted by molar-refractivity contribution is 5.91. The van der Waals surface area contributed by atoms with E-state index >= 15 is 0 Å². The van der Waals surface area contributed by atoms with Crippen molar-refractivity contribution in [1.29, 1.82) is 0 Å². The van der Waals surface area contributed by atoms with Crippen LogP contribution in [0.4, 0.5) is 19.0 Å². The van der Waals surface area contributed by atoms with Crippen LogP contribution < -0.4 is 20.1 Å². The fourth-order valence-electron chi connectivity index (χ4n) is 2.43. The lowest BCUT2D eigenvalue weighted by molar-refractivity contribution is -0.137. The molecule has 0 saturated heterocycles. The Hall–Kier alpha value is -3.49. The zero-order chi connectivity index (χ0) is 22.0. The summed E-state index contributed by atoms with van der Waals surface area (Å²) in [7, 11) is 1.51. The number of hydrogen-bond donors (Lipinski definition) is 2. The first-order valence-electron chi connectivity index (χ1n) is 8.99. The number of carbonyl (C=O) groups is 1. The Labute approximate surface area is 172 Å². The van der Waals surface area contributed by atoms with Gasteiger partial charge in [0.15, 0.2) is 11.5 Å². The molecule has 0 bridgehead atoms. The van der Waals surface area contributed by atoms with E-state index in [9.17, 15) is 18.0 Å². The quantitative estimate of drug-likeness (QED) is 0.346. The summed E-state index contributed by atoms with van der Waals surface area (Å²) in [6.45, 7) is 4.13. The molecule has 6 nitrogen and oxygen atoms in total. The predicted octanol–water partition coefficient (Wildman–Crippen LogP) is 3.92. The lowest BCUT2D eigenvalue weighted by Crippen LogP contribution is -2.27. The molecule has 0 unspecified atom stereocenters. The molecule has 0 fully saturated rings. The molecule has 1 aromatic carbocycles. The second-order valence-corrected chi connectivity index (χ2v) is 5.96. The van der Waals surface area contributed by atoms with Crippen LogP contribution in [-0.4, -0.2) is 37.7 Å². The van der Waals surface area contributed by atoms with Gasteiger partial charge in [0.2, 0.25) is 5.91 Å². The number of benzene rings is 1. The molecular formula is C21H22F3N3O3. The van der Waals surface area contributed by atoms with Crippen LogP contribution in [0.5, 0.6) is 11.5 Å². The van der Waals surface area contributed by atoms with E-state index in [0.717, 1.165) is 11.6 Å². The van der Waals surface area contributed by atoms with Gasteiger partial charge in [-0.25, -0.2) is 4.98 Å². The molecule has 0 atom stereocenters. The first-order valence-corrected chi connectivity index (χ1v) is 8.99. The number of carbonyl (C=O) groups excluding carboxylic acids is 1. The third-order valence-corrected chi connectivity index (χ3v) is 3.80. The van der Waals surface area contributed by atoms with Gasteiger partial charge in [0.25, 0.3) is 0 Å². The highest BCUT2D eigenvalue weighted by Gasteiger charge is 2.33. The fourth-order valence-corrected chi connectivity index (χ4v) is 2.43. The van der Waals surface area contributed by atoms with Crippen molar-refractivity contribution in [3.8, 4) is 11.5 Å². The minimum atomic E-state index is -4.50. The van der Waals surface area contributed by atoms with E-state index in [1.165, 1.54) is 25.4 Å². The Bertz CT molecular complexity index is 899. The minimum absolute atomic E-state index is 0.0861. The van der Waals surface area contributed by atoms with Gasteiger partial charge in [-0.05, 0) is 35.9 Å². The molecule has 0 spiro atoms. The molecule has 1 heterocycles. The van der Waals surface area contributed by atoms with Crippen molar-refractivity contribution in [1.82, 2.24) is 10.3 Å². The van der Waals surface area contributed by atoms with Crippen molar-refractivity contribution in [2.75, 3.05) is 32.1 Å². The monoisotopic (exact) mass is 421 g/mol. The molecular weight excluding hydrogens is 399 g/mol. The van der Waals surface area contributed by atoms with Crippen LogP contribution >= 0.6 is 0 Å². The number of aromatic nitrogens is 1. The van der Waals surface area contributed by atoms with E-state index < -0.39 is 11.7 Å². The molecule has 9 heteroatoms. The number of anilines is 1. The summed E-state index contributed by atoms with van der Waals surface area (Å²) in [6, 6.07) is 7.34. The largest absolute Gasteiger partial charge is 0.493 e. The second kappa shape index (κ2) is 10.9. The summed E-state index contributed by atoms with van der Waals surface area (Å²) in [5.41, 5.74) is -0.139. The summed E-state index contributed by atoms with van der Waals surface area (Å²) < 4.78 is 49.4. The van der Waals surface area contributed by atoms with Gasteiger partial charge in [-0.2, -0.15) is 13.2 Å². The Morgan fingerprint density at radius 3 is 2.73 bits per heavy atom. The molecule has 0 saturated carbocycles. The summed E-state index contributed by atoms with van der Waals surface area (Å²) in [5.74, 6) is 0.401. The van der Waals surface area contributed by atoms with Crippen LogP contribution in [-0.2, 0) is 11.0 Å². The van der Waals surface area contributed by atoms with E-state index in [1.54, 1.807) is 30.4 Å². The van der Waals surface area contributed by atoms with Crippen molar-refractivity contribution >= 4 is 17.8 Å². The molecule has 2 aromatic rings. The average molecular weight is 421 g/mol. The molecule has 1 aromatic heterocycles. The Balaban J connectivity index is 1.85. The van der Waals surface area contributed by atoms with E-state index in [-0.39, 0.29) is 24.8 Å². The number of pyridine rings is 1. The molecule has 0 radical (unpaired) electrons. The van der Waals surface area contributed by atoms with Gasteiger partial charge >= 0.3 is 6.18 Å². The predicted molar refractivity (Wildman–Crippen MR) is 108 cm³/mol. The molecule has 1 amide bonds. The number of halogens is 3. The number of nitrogens with one attached hydrogen (secondary N) is 2. The van der Waals surface area contributed by atoms with Crippen molar-refractivity contribution < 1.29 is 27.4 Å². The maximum Gasteiger partial charge on any atom is 0.419 e. The van der Waals surface area contributed by atoms with Gasteiger partial charge in [0.1, 0.15) is 12.4 Å². The summed E-state index contributed by atoms with van der Waals surface area (Å²) in [4.78, 5) is 15.6. The smallest absolute Gasteiger partial charge is 0.419 e. The van der Waals surface area contributed by atoms with Crippen molar-refractivity contribution in [2.24, 2.45) is 0 Å². The maximum atomic E-state index is 12.9. The molecule has 0 aliphatic carbocycles. The van der Waals surface area contributed by atoms with Crippen LogP contribution in [0.15, 0.2) is 55.3 Å². The van der Waals surface area contributed by atoms with Crippen LogP contribution in [0.3, 0.4) is 0 Å². The van der Waals surface area contributed by atoms with E-state index in [0.29, 0.717) is 18.1 Å². The number of rotatable bonds is 10. The summed E-state index contributed by atoms with van der Waals surface area (Å²) >= 11 is 0. The Kier molecular flexibility index (Phi) is 8.28. The zero-order valence-electron chi connectivity index (χ0n) is 16.3. The number of amides is 1. The van der Waals surface area contributed by atoms with Gasteiger partial charge in [-0.15, -0.1) is 0 Å². The molecule has 2 N–H and O–H groups in total. The van der Waals surface area contributed by atoms with Crippen LogP contribution in [0.25, 0.3) is 6.08 Å². The van der Waals surface area contributed by atoms with Crippen molar-refractivity contribution in [3.05, 3.63) is 66.4 Å². The van der Waals surface area contributed by atoms with Gasteiger partial charge in [-0.1, -0.05) is 18.7 Å². The SMILES string of the molecule is C=CCOc1ccc(/C=C/C(=O)NCCNc2ncccc2C(F)(F)F)cc1OC. The highest BCUT2D eigenvalue weighted by Crippen LogP contribution is 2.33. The topological polar surface area (TPSA) is 72.5 Å². The van der Waals surface area contributed by atoms with Gasteiger partial charge in [0, 0.05) is 25.4 Å². The molecule has 0 aliphatic heterocycles. The van der Waals surface area contributed by atoms with Gasteiger partial charge in [-0.3, -0.25) is 4.79 Å². The van der Waals surface area contributed by atoms with E-state index in [2.05, 4.69) is 22.2 Å². The van der Waals surface area contributed by atoms with Gasteiger partial charge in [0.05, 0.1) is 12.7 Å². The standard InChI is InChI=1S/C21H22F3N3O3/c1-3-13-30-17-8-6-15(14-18(17)29-2)7-9-19(28)25-11-12-27-20-16(21(22,23)24)5-4-10-26-20/h3-10,14H,1,11-13H2,2H3,(H,25,28)(H,26,27)/b9-7+. The Morgan fingerprint density at radius 1 is 1.23 bits per heavy atom. The van der Waals surface area contributed by atoms with Crippen molar-refractivity contribution in [2.45, 2.75) is 6.18 Å². The van der Waals surface area contributed by atoms with Crippen LogP contribution in [0.2, 0.25) is 0 Å². The molecule has 160 valence electrons. The molecule has 0 aliphatic rings. The minimum Gasteiger partial charge on any atom is -0.493 e. The van der Waals surface area contributed by atoms with Crippen LogP contribution in [0, 0.1) is 0 Å².